The van der Waals surface area contributed by atoms with E-state index in [-0.39, 0.29) is 0 Å². The van der Waals surface area contributed by atoms with E-state index < -0.39 is 0 Å². The minimum absolute atomic E-state index is 0.350. The Labute approximate surface area is 117 Å². The maximum absolute atomic E-state index is 6.31. The van der Waals surface area contributed by atoms with Gasteiger partial charge in [-0.2, -0.15) is 5.10 Å². The van der Waals surface area contributed by atoms with Crippen molar-refractivity contribution in [2.24, 2.45) is 7.05 Å². The number of aryl methyl sites for hydroxylation is 1. The summed E-state index contributed by atoms with van der Waals surface area (Å²) in [5.41, 5.74) is 8.13. The normalized spacial score (nSPS) is 13.3. The Balaban J connectivity index is 3.11. The Bertz CT molecular complexity index is 408. The van der Waals surface area contributed by atoms with Gasteiger partial charge in [0.25, 0.3) is 0 Å². The quantitative estimate of drug-likeness (QED) is 0.855. The Kier molecular flexibility index (Phi) is 5.23. The summed E-state index contributed by atoms with van der Waals surface area (Å²) < 4.78 is 1.92. The number of nitrogens with two attached hydrogens (primary N) is 1. The number of hydrogen-bond acceptors (Lipinski definition) is 4. The lowest BCUT2D eigenvalue weighted by molar-refractivity contribution is 0.371. The number of hydrogen-bond donors (Lipinski definition) is 1. The fourth-order valence-corrected chi connectivity index (χ4v) is 2.62. The van der Waals surface area contributed by atoms with E-state index in [1.165, 1.54) is 0 Å². The number of nitrogens with zero attached hydrogens (tertiary/aromatic N) is 4. The van der Waals surface area contributed by atoms with Crippen LogP contribution in [0.4, 0.5) is 11.5 Å². The Morgan fingerprint density at radius 3 is 2.21 bits per heavy atom. The third-order valence-electron chi connectivity index (χ3n) is 3.40. The molecule has 0 aliphatic heterocycles. The maximum atomic E-state index is 6.31. The molecule has 0 amide bonds. The molecule has 0 spiro atoms. The van der Waals surface area contributed by atoms with Crippen LogP contribution in [0.1, 0.15) is 39.3 Å². The molecular formula is C14H29N5. The predicted molar refractivity (Wildman–Crippen MR) is 82.7 cm³/mol. The highest BCUT2D eigenvalue weighted by atomic mass is 15.4. The van der Waals surface area contributed by atoms with Crippen LogP contribution in [0.5, 0.6) is 0 Å². The van der Waals surface area contributed by atoms with E-state index in [0.717, 1.165) is 30.3 Å². The van der Waals surface area contributed by atoms with Crippen LogP contribution in [0, 0.1) is 0 Å². The molecule has 0 saturated heterocycles. The minimum atomic E-state index is 0.350. The molecule has 0 saturated carbocycles. The van der Waals surface area contributed by atoms with E-state index in [0.29, 0.717) is 12.0 Å². The molecule has 5 heteroatoms. The van der Waals surface area contributed by atoms with Crippen molar-refractivity contribution < 1.29 is 0 Å². The van der Waals surface area contributed by atoms with Crippen molar-refractivity contribution in [3.05, 3.63) is 5.69 Å². The van der Waals surface area contributed by atoms with Crippen molar-refractivity contribution in [3.63, 3.8) is 0 Å². The molecular weight excluding hydrogens is 238 g/mol. The van der Waals surface area contributed by atoms with E-state index in [4.69, 9.17) is 5.73 Å². The molecule has 1 aromatic rings. The summed E-state index contributed by atoms with van der Waals surface area (Å²) >= 11 is 0. The van der Waals surface area contributed by atoms with Crippen molar-refractivity contribution in [3.8, 4) is 0 Å². The second-order valence-electron chi connectivity index (χ2n) is 5.80. The first-order valence-corrected chi connectivity index (χ1v) is 7.03. The Hall–Kier alpha value is -1.23. The highest BCUT2D eigenvalue weighted by Gasteiger charge is 2.23. The second-order valence-corrected chi connectivity index (χ2v) is 5.80. The molecule has 0 aromatic carbocycles. The first-order chi connectivity index (χ1) is 8.79. The van der Waals surface area contributed by atoms with Gasteiger partial charge in [-0.05, 0) is 33.9 Å². The van der Waals surface area contributed by atoms with Gasteiger partial charge in [-0.3, -0.25) is 4.68 Å². The number of likely N-dealkylation sites (N-methyl/N-ethyl adjacent to an activating group) is 2. The van der Waals surface area contributed by atoms with Crippen LogP contribution in [0.2, 0.25) is 0 Å². The van der Waals surface area contributed by atoms with Crippen LogP contribution < -0.4 is 10.6 Å². The Morgan fingerprint density at radius 1 is 1.26 bits per heavy atom. The van der Waals surface area contributed by atoms with Crippen molar-refractivity contribution in [2.45, 2.75) is 39.7 Å². The minimum Gasteiger partial charge on any atom is -0.394 e. The monoisotopic (exact) mass is 267 g/mol. The lowest BCUT2D eigenvalue weighted by atomic mass is 10.1. The molecule has 1 aromatic heterocycles. The fraction of sp³-hybridized carbons (Fsp3) is 0.786. The van der Waals surface area contributed by atoms with Crippen LogP contribution in [0.15, 0.2) is 0 Å². The first-order valence-electron chi connectivity index (χ1n) is 7.03. The lowest BCUT2D eigenvalue weighted by Crippen LogP contribution is -2.41. The molecule has 0 radical (unpaired) electrons. The third kappa shape index (κ3) is 3.41. The molecule has 19 heavy (non-hydrogen) atoms. The van der Waals surface area contributed by atoms with Crippen molar-refractivity contribution >= 4 is 11.5 Å². The van der Waals surface area contributed by atoms with Gasteiger partial charge in [0.1, 0.15) is 0 Å². The molecule has 2 N–H and O–H groups in total. The van der Waals surface area contributed by atoms with E-state index in [2.05, 4.69) is 56.7 Å². The molecule has 1 rings (SSSR count). The molecule has 110 valence electrons. The largest absolute Gasteiger partial charge is 0.394 e. The van der Waals surface area contributed by atoms with Gasteiger partial charge < -0.3 is 15.5 Å². The van der Waals surface area contributed by atoms with Gasteiger partial charge in [0.05, 0.1) is 11.4 Å². The average molecular weight is 267 g/mol. The summed E-state index contributed by atoms with van der Waals surface area (Å²) in [6.45, 7) is 10.6. The maximum Gasteiger partial charge on any atom is 0.150 e. The van der Waals surface area contributed by atoms with Gasteiger partial charge in [0.15, 0.2) is 5.82 Å². The van der Waals surface area contributed by atoms with E-state index in [1.54, 1.807) is 0 Å². The summed E-state index contributed by atoms with van der Waals surface area (Å²) in [5.74, 6) is 1.39. The van der Waals surface area contributed by atoms with E-state index in [9.17, 15) is 0 Å². The van der Waals surface area contributed by atoms with Gasteiger partial charge in [0.2, 0.25) is 0 Å². The molecule has 5 nitrogen and oxygen atoms in total. The average Bonchev–Trinajstić information content (AvgIpc) is 2.57. The lowest BCUT2D eigenvalue weighted by Gasteiger charge is -2.32. The molecule has 0 aliphatic rings. The molecule has 0 bridgehead atoms. The number of anilines is 2. The van der Waals surface area contributed by atoms with Crippen molar-refractivity contribution in [1.29, 1.82) is 0 Å². The molecule has 1 unspecified atom stereocenters. The smallest absolute Gasteiger partial charge is 0.150 e. The predicted octanol–water partition coefficient (Wildman–Crippen LogP) is 1.90. The number of rotatable bonds is 6. The second kappa shape index (κ2) is 6.28. The number of aromatic nitrogens is 2. The summed E-state index contributed by atoms with van der Waals surface area (Å²) in [4.78, 5) is 4.53. The van der Waals surface area contributed by atoms with Crippen LogP contribution in [-0.2, 0) is 7.05 Å². The fourth-order valence-electron chi connectivity index (χ4n) is 2.62. The molecule has 0 fully saturated rings. The van der Waals surface area contributed by atoms with Crippen molar-refractivity contribution in [1.82, 2.24) is 14.7 Å². The standard InChI is InChI=1S/C14H29N5/c1-8-19(11(4)9-17(5)6)14-12(15)13(10(2)3)16-18(14)7/h10-11H,8-9,15H2,1-7H3. The van der Waals surface area contributed by atoms with E-state index in [1.807, 2.05) is 11.7 Å². The molecule has 0 aliphatic carbocycles. The van der Waals surface area contributed by atoms with Gasteiger partial charge in [0, 0.05) is 26.2 Å². The summed E-state index contributed by atoms with van der Waals surface area (Å²) in [6, 6.07) is 0.401. The topological polar surface area (TPSA) is 50.3 Å². The SMILES string of the molecule is CCN(c1c(N)c(C(C)C)nn1C)C(C)CN(C)C. The Morgan fingerprint density at radius 2 is 1.84 bits per heavy atom. The van der Waals surface area contributed by atoms with Crippen LogP contribution in [0.25, 0.3) is 0 Å². The summed E-state index contributed by atoms with van der Waals surface area (Å²) in [6.07, 6.45) is 0. The van der Waals surface area contributed by atoms with Gasteiger partial charge in [-0.25, -0.2) is 0 Å². The van der Waals surface area contributed by atoms with Gasteiger partial charge in [-0.1, -0.05) is 13.8 Å². The molecule has 1 heterocycles. The van der Waals surface area contributed by atoms with Crippen molar-refractivity contribution in [2.75, 3.05) is 37.8 Å². The zero-order valence-corrected chi connectivity index (χ0v) is 13.4. The van der Waals surface area contributed by atoms with Crippen LogP contribution in [-0.4, -0.2) is 47.9 Å². The first kappa shape index (κ1) is 15.8. The van der Waals surface area contributed by atoms with Gasteiger partial charge in [-0.15, -0.1) is 0 Å². The zero-order chi connectivity index (χ0) is 14.7. The molecule has 1 atom stereocenters. The zero-order valence-electron chi connectivity index (χ0n) is 13.4. The summed E-state index contributed by atoms with van der Waals surface area (Å²) in [7, 11) is 6.16. The van der Waals surface area contributed by atoms with Gasteiger partial charge >= 0.3 is 0 Å². The van der Waals surface area contributed by atoms with Crippen LogP contribution >= 0.6 is 0 Å². The highest BCUT2D eigenvalue weighted by molar-refractivity contribution is 5.67. The summed E-state index contributed by atoms with van der Waals surface area (Å²) in [5, 5.41) is 4.58. The van der Waals surface area contributed by atoms with E-state index >= 15 is 0 Å². The van der Waals surface area contributed by atoms with Crippen LogP contribution in [0.3, 0.4) is 0 Å². The number of nitrogen functional groups attached to an aromatic ring is 1. The highest BCUT2D eigenvalue weighted by Crippen LogP contribution is 2.31. The third-order valence-corrected chi connectivity index (χ3v) is 3.40.